The molecule has 6 heteroatoms. The van der Waals surface area contributed by atoms with E-state index in [4.69, 9.17) is 18.9 Å². The summed E-state index contributed by atoms with van der Waals surface area (Å²) in [4.78, 5) is 15.7. The van der Waals surface area contributed by atoms with Crippen LogP contribution in [0.4, 0.5) is 0 Å². The molecule has 1 saturated carbocycles. The average Bonchev–Trinajstić information content (AvgIpc) is 2.79. The number of piperidine rings is 1. The van der Waals surface area contributed by atoms with E-state index in [1.807, 2.05) is 18.2 Å². The highest BCUT2D eigenvalue weighted by molar-refractivity contribution is 6.22. The van der Waals surface area contributed by atoms with Crippen molar-refractivity contribution >= 4 is 11.4 Å². The van der Waals surface area contributed by atoms with Crippen molar-refractivity contribution in [3.63, 3.8) is 0 Å². The number of methoxy groups -OCH3 is 2. The molecule has 4 rings (SSSR count). The number of Topliss-reactive ketones (excluding diaryl/α,β-unsaturated/α-hetero) is 1. The number of nitrogens with zero attached hydrogens (tertiary/aromatic N) is 1. The smallest absolute Gasteiger partial charge is 0.173 e. The van der Waals surface area contributed by atoms with Gasteiger partial charge >= 0.3 is 0 Å². The minimum absolute atomic E-state index is 0.0878. The van der Waals surface area contributed by atoms with Crippen molar-refractivity contribution in [1.82, 2.24) is 4.90 Å². The fraction of sp³-hybridized carbons (Fsp3) is 0.625. The van der Waals surface area contributed by atoms with Crippen LogP contribution in [-0.4, -0.2) is 63.4 Å². The van der Waals surface area contributed by atoms with Gasteiger partial charge in [0.2, 0.25) is 0 Å². The molecular weight excluding hydrogens is 382 g/mol. The van der Waals surface area contributed by atoms with E-state index in [0.717, 1.165) is 38.0 Å². The molecule has 6 nitrogen and oxygen atoms in total. The van der Waals surface area contributed by atoms with Gasteiger partial charge in [-0.05, 0) is 56.5 Å². The lowest BCUT2D eigenvalue weighted by molar-refractivity contribution is -0.128. The Kier molecular flexibility index (Phi) is 6.95. The topological polar surface area (TPSA) is 57.2 Å². The standard InChI is InChI=1S/C24H33NO5/c1-27-21-9-6-17(14-23(21)28-2)20-16-30-22-15-18(7-8-19(22)24(20)26)29-13-12-25-10-4-3-5-11-25/h6,9,14,16,18-19,22H,3-5,7-8,10-13,15H2,1-2H3. The van der Waals surface area contributed by atoms with Crippen molar-refractivity contribution in [2.45, 2.75) is 50.7 Å². The van der Waals surface area contributed by atoms with Gasteiger partial charge in [-0.25, -0.2) is 0 Å². The van der Waals surface area contributed by atoms with E-state index < -0.39 is 0 Å². The molecule has 0 aromatic heterocycles. The number of allylic oxidation sites excluding steroid dienone is 1. The van der Waals surface area contributed by atoms with Crippen LogP contribution >= 0.6 is 0 Å². The van der Waals surface area contributed by atoms with Gasteiger partial charge in [0.15, 0.2) is 17.3 Å². The second-order valence-corrected chi connectivity index (χ2v) is 8.45. The van der Waals surface area contributed by atoms with Crippen LogP contribution in [0.3, 0.4) is 0 Å². The van der Waals surface area contributed by atoms with Crippen molar-refractivity contribution in [3.8, 4) is 11.5 Å². The number of ether oxygens (including phenoxy) is 4. The van der Waals surface area contributed by atoms with Gasteiger partial charge < -0.3 is 23.8 Å². The van der Waals surface area contributed by atoms with Crippen LogP contribution < -0.4 is 9.47 Å². The van der Waals surface area contributed by atoms with Gasteiger partial charge in [-0.15, -0.1) is 0 Å². The number of likely N-dealkylation sites (tertiary alicyclic amines) is 1. The number of benzene rings is 1. The number of hydrogen-bond donors (Lipinski definition) is 0. The highest BCUT2D eigenvalue weighted by Crippen LogP contribution is 2.39. The van der Waals surface area contributed by atoms with Crippen molar-refractivity contribution in [3.05, 3.63) is 30.0 Å². The van der Waals surface area contributed by atoms with E-state index in [9.17, 15) is 4.79 Å². The van der Waals surface area contributed by atoms with Crippen LogP contribution in [0.15, 0.2) is 24.5 Å². The predicted octanol–water partition coefficient (Wildman–Crippen LogP) is 3.68. The summed E-state index contributed by atoms with van der Waals surface area (Å²) in [6.07, 6.45) is 8.18. The van der Waals surface area contributed by atoms with Crippen LogP contribution in [-0.2, 0) is 14.3 Å². The van der Waals surface area contributed by atoms with E-state index >= 15 is 0 Å². The lowest BCUT2D eigenvalue weighted by Crippen LogP contribution is -2.42. The summed E-state index contributed by atoms with van der Waals surface area (Å²) in [5.74, 6) is 1.31. The first-order chi connectivity index (χ1) is 14.7. The Hall–Kier alpha value is -2.05. The zero-order valence-electron chi connectivity index (χ0n) is 18.1. The normalized spacial score (nSPS) is 27.1. The molecule has 0 spiro atoms. The Morgan fingerprint density at radius 2 is 1.87 bits per heavy atom. The largest absolute Gasteiger partial charge is 0.496 e. The fourth-order valence-corrected chi connectivity index (χ4v) is 4.85. The summed E-state index contributed by atoms with van der Waals surface area (Å²) in [6, 6.07) is 5.53. The van der Waals surface area contributed by atoms with E-state index in [1.54, 1.807) is 20.5 Å². The second-order valence-electron chi connectivity index (χ2n) is 8.45. The lowest BCUT2D eigenvalue weighted by Gasteiger charge is -2.38. The Bertz CT molecular complexity index is 771. The van der Waals surface area contributed by atoms with Gasteiger partial charge in [0.1, 0.15) is 6.10 Å². The number of rotatable bonds is 7. The fourth-order valence-electron chi connectivity index (χ4n) is 4.85. The summed E-state index contributed by atoms with van der Waals surface area (Å²) < 4.78 is 22.9. The van der Waals surface area contributed by atoms with Gasteiger partial charge in [-0.1, -0.05) is 12.5 Å². The molecule has 2 aliphatic heterocycles. The molecule has 1 aromatic carbocycles. The highest BCUT2D eigenvalue weighted by Gasteiger charge is 2.40. The third-order valence-electron chi connectivity index (χ3n) is 6.61. The summed E-state index contributed by atoms with van der Waals surface area (Å²) in [6.45, 7) is 4.16. The third kappa shape index (κ3) is 4.65. The number of fused-ring (bicyclic) bond motifs is 1. The lowest BCUT2D eigenvalue weighted by atomic mass is 9.78. The maximum absolute atomic E-state index is 13.2. The molecular formula is C24H33NO5. The van der Waals surface area contributed by atoms with E-state index in [1.165, 1.54) is 32.4 Å². The molecule has 0 bridgehead atoms. The third-order valence-corrected chi connectivity index (χ3v) is 6.61. The molecule has 3 atom stereocenters. The first-order valence-corrected chi connectivity index (χ1v) is 11.2. The molecule has 164 valence electrons. The maximum Gasteiger partial charge on any atom is 0.173 e. The number of ketones is 1. The zero-order chi connectivity index (χ0) is 20.9. The Balaban J connectivity index is 1.34. The second kappa shape index (κ2) is 9.84. The first kappa shape index (κ1) is 21.2. The molecule has 1 aliphatic carbocycles. The van der Waals surface area contributed by atoms with Crippen LogP contribution in [0.5, 0.6) is 11.5 Å². The molecule has 0 N–H and O–H groups in total. The zero-order valence-corrected chi connectivity index (χ0v) is 18.1. The van der Waals surface area contributed by atoms with Crippen LogP contribution in [0.1, 0.15) is 44.1 Å². The van der Waals surface area contributed by atoms with Crippen molar-refractivity contribution < 1.29 is 23.7 Å². The summed E-state index contributed by atoms with van der Waals surface area (Å²) in [7, 11) is 3.20. The van der Waals surface area contributed by atoms with Gasteiger partial charge in [-0.2, -0.15) is 0 Å². The maximum atomic E-state index is 13.2. The molecule has 1 saturated heterocycles. The van der Waals surface area contributed by atoms with Gasteiger partial charge in [0, 0.05) is 13.0 Å². The van der Waals surface area contributed by atoms with E-state index in [2.05, 4.69) is 4.90 Å². The van der Waals surface area contributed by atoms with Crippen LogP contribution in [0.25, 0.3) is 5.57 Å². The SMILES string of the molecule is COc1ccc(C2=COC3CC(OCCN4CCCCC4)CCC3C2=O)cc1OC. The monoisotopic (exact) mass is 415 g/mol. The summed E-state index contributed by atoms with van der Waals surface area (Å²) in [5, 5.41) is 0. The molecule has 0 amide bonds. The van der Waals surface area contributed by atoms with Gasteiger partial charge in [0.25, 0.3) is 0 Å². The molecule has 0 radical (unpaired) electrons. The van der Waals surface area contributed by atoms with Gasteiger partial charge in [0.05, 0.1) is 44.7 Å². The molecule has 30 heavy (non-hydrogen) atoms. The first-order valence-electron chi connectivity index (χ1n) is 11.2. The molecule has 1 aromatic rings. The minimum atomic E-state index is -0.0972. The molecule has 3 unspecified atom stereocenters. The Labute approximate surface area is 179 Å². The number of carbonyl (C=O) groups is 1. The van der Waals surface area contributed by atoms with E-state index in [0.29, 0.717) is 17.1 Å². The summed E-state index contributed by atoms with van der Waals surface area (Å²) in [5.41, 5.74) is 1.41. The molecule has 3 aliphatic rings. The quantitative estimate of drug-likeness (QED) is 0.677. The Morgan fingerprint density at radius 1 is 1.07 bits per heavy atom. The Morgan fingerprint density at radius 3 is 2.63 bits per heavy atom. The van der Waals surface area contributed by atoms with Crippen molar-refractivity contribution in [2.75, 3.05) is 40.5 Å². The van der Waals surface area contributed by atoms with Crippen LogP contribution in [0.2, 0.25) is 0 Å². The summed E-state index contributed by atoms with van der Waals surface area (Å²) >= 11 is 0. The predicted molar refractivity (Wildman–Crippen MR) is 115 cm³/mol. The van der Waals surface area contributed by atoms with Crippen LogP contribution in [0, 0.1) is 5.92 Å². The molecule has 2 fully saturated rings. The minimum Gasteiger partial charge on any atom is -0.496 e. The number of carbonyl (C=O) groups excluding carboxylic acids is 1. The number of hydrogen-bond acceptors (Lipinski definition) is 6. The average molecular weight is 416 g/mol. The van der Waals surface area contributed by atoms with Gasteiger partial charge in [-0.3, -0.25) is 4.79 Å². The van der Waals surface area contributed by atoms with Crippen molar-refractivity contribution in [1.29, 1.82) is 0 Å². The molecule has 2 heterocycles. The van der Waals surface area contributed by atoms with E-state index in [-0.39, 0.29) is 23.9 Å². The van der Waals surface area contributed by atoms with Crippen molar-refractivity contribution in [2.24, 2.45) is 5.92 Å². The highest BCUT2D eigenvalue weighted by atomic mass is 16.5.